The number of aromatic nitrogens is 3. The maximum Gasteiger partial charge on any atom is 0.177 e. The molecule has 0 radical (unpaired) electrons. The van der Waals surface area contributed by atoms with Crippen molar-refractivity contribution in [3.05, 3.63) is 84.2 Å². The molecule has 2 aromatic carbocycles. The van der Waals surface area contributed by atoms with Crippen LogP contribution in [-0.4, -0.2) is 26.7 Å². The van der Waals surface area contributed by atoms with Crippen LogP contribution >= 0.6 is 0 Å². The van der Waals surface area contributed by atoms with Crippen LogP contribution in [0.25, 0.3) is 5.65 Å². The summed E-state index contributed by atoms with van der Waals surface area (Å²) < 4.78 is 1.83. The molecule has 4 aromatic rings. The fraction of sp³-hybridized carbons (Fsp3) is 0.308. The lowest BCUT2D eigenvalue weighted by molar-refractivity contribution is 0.410. The summed E-state index contributed by atoms with van der Waals surface area (Å²) in [5.41, 5.74) is 11.5. The van der Waals surface area contributed by atoms with Gasteiger partial charge in [0, 0.05) is 36.2 Å². The summed E-state index contributed by atoms with van der Waals surface area (Å²) in [4.78, 5) is 4.50. The van der Waals surface area contributed by atoms with Gasteiger partial charge in [-0.25, -0.2) is 9.50 Å². The Hall–Kier alpha value is -3.38. The molecule has 4 N–H and O–H groups in total. The second-order valence-electron chi connectivity index (χ2n) is 8.71. The predicted molar refractivity (Wildman–Crippen MR) is 130 cm³/mol. The number of aryl methyl sites for hydroxylation is 2. The Labute approximate surface area is 188 Å². The fourth-order valence-corrected chi connectivity index (χ4v) is 4.45. The van der Waals surface area contributed by atoms with Crippen LogP contribution in [-0.2, 0) is 12.8 Å². The number of rotatable bonds is 7. The molecule has 1 aliphatic carbocycles. The van der Waals surface area contributed by atoms with Gasteiger partial charge in [-0.3, -0.25) is 0 Å². The molecule has 2 heterocycles. The van der Waals surface area contributed by atoms with Crippen LogP contribution in [0.2, 0.25) is 0 Å². The van der Waals surface area contributed by atoms with Crippen LogP contribution in [0.5, 0.6) is 0 Å². The molecule has 32 heavy (non-hydrogen) atoms. The summed E-state index contributed by atoms with van der Waals surface area (Å²) in [5, 5.41) is 11.9. The van der Waals surface area contributed by atoms with Gasteiger partial charge in [-0.2, -0.15) is 0 Å². The summed E-state index contributed by atoms with van der Waals surface area (Å²) in [6.07, 6.45) is 9.99. The number of benzene rings is 2. The summed E-state index contributed by atoms with van der Waals surface area (Å²) >= 11 is 0. The topological polar surface area (TPSA) is 80.3 Å². The van der Waals surface area contributed by atoms with E-state index in [1.54, 1.807) is 6.20 Å². The van der Waals surface area contributed by atoms with Gasteiger partial charge in [-0.05, 0) is 61.8 Å². The van der Waals surface area contributed by atoms with Gasteiger partial charge in [0.25, 0.3) is 0 Å². The van der Waals surface area contributed by atoms with Gasteiger partial charge in [-0.15, -0.1) is 5.10 Å². The van der Waals surface area contributed by atoms with E-state index >= 15 is 0 Å². The molecule has 0 unspecified atom stereocenters. The maximum atomic E-state index is 6.06. The third-order valence-corrected chi connectivity index (χ3v) is 6.23. The molecule has 1 saturated carbocycles. The second kappa shape index (κ2) is 9.40. The quantitative estimate of drug-likeness (QED) is 0.390. The fourth-order valence-electron chi connectivity index (χ4n) is 4.45. The first-order chi connectivity index (χ1) is 15.7. The zero-order chi connectivity index (χ0) is 21.8. The molecule has 6 heteroatoms. The zero-order valence-corrected chi connectivity index (χ0v) is 18.2. The van der Waals surface area contributed by atoms with E-state index in [1.807, 2.05) is 10.7 Å². The van der Waals surface area contributed by atoms with Crippen LogP contribution in [0.15, 0.2) is 73.1 Å². The molecular formula is C26H30N6. The van der Waals surface area contributed by atoms with Crippen molar-refractivity contribution in [2.24, 2.45) is 5.73 Å². The third-order valence-electron chi connectivity index (χ3n) is 6.23. The van der Waals surface area contributed by atoms with Crippen LogP contribution in [0.4, 0.5) is 17.2 Å². The van der Waals surface area contributed by atoms with E-state index in [-0.39, 0.29) is 0 Å². The number of nitrogens with two attached hydrogens (primary N) is 1. The predicted octanol–water partition coefficient (Wildman–Crippen LogP) is 4.94. The maximum absolute atomic E-state index is 6.06. The largest absolute Gasteiger partial charge is 0.366 e. The van der Waals surface area contributed by atoms with Crippen LogP contribution in [0.3, 0.4) is 0 Å². The highest BCUT2D eigenvalue weighted by Gasteiger charge is 2.19. The number of hydrogen-bond acceptors (Lipinski definition) is 5. The minimum absolute atomic E-state index is 0.337. The second-order valence-corrected chi connectivity index (χ2v) is 8.71. The Morgan fingerprint density at radius 1 is 0.906 bits per heavy atom. The van der Waals surface area contributed by atoms with Crippen LogP contribution < -0.4 is 16.4 Å². The Bertz CT molecular complexity index is 1160. The number of hydrogen-bond donors (Lipinski definition) is 3. The van der Waals surface area contributed by atoms with E-state index in [2.05, 4.69) is 76.3 Å². The van der Waals surface area contributed by atoms with Crippen molar-refractivity contribution in [2.75, 3.05) is 10.6 Å². The van der Waals surface area contributed by atoms with Crippen molar-refractivity contribution in [2.45, 2.75) is 50.6 Å². The van der Waals surface area contributed by atoms with E-state index in [9.17, 15) is 0 Å². The smallest absolute Gasteiger partial charge is 0.177 e. The highest BCUT2D eigenvalue weighted by Crippen LogP contribution is 2.26. The molecule has 0 saturated heterocycles. The van der Waals surface area contributed by atoms with Crippen molar-refractivity contribution in [1.82, 2.24) is 14.6 Å². The highest BCUT2D eigenvalue weighted by atomic mass is 15.3. The van der Waals surface area contributed by atoms with E-state index < -0.39 is 0 Å². The molecule has 164 valence electrons. The minimum atomic E-state index is 0.337. The van der Waals surface area contributed by atoms with Crippen molar-refractivity contribution in [3.8, 4) is 0 Å². The first kappa shape index (κ1) is 20.5. The Kier molecular flexibility index (Phi) is 6.03. The Balaban J connectivity index is 1.32. The Morgan fingerprint density at radius 3 is 2.53 bits per heavy atom. The van der Waals surface area contributed by atoms with Crippen LogP contribution in [0, 0.1) is 0 Å². The molecule has 0 aliphatic heterocycles. The lowest BCUT2D eigenvalue weighted by Crippen LogP contribution is -2.33. The molecule has 0 spiro atoms. The SMILES string of the molecule is NC1CCC(Nc2cc(Nc3cccc(CCc4ccccc4)c3)c3nccn3n2)CC1. The summed E-state index contributed by atoms with van der Waals surface area (Å²) in [6.45, 7) is 0. The van der Waals surface area contributed by atoms with Gasteiger partial charge in [0.1, 0.15) is 5.82 Å². The molecular weight excluding hydrogens is 396 g/mol. The number of imidazole rings is 1. The van der Waals surface area contributed by atoms with Gasteiger partial charge < -0.3 is 16.4 Å². The number of anilines is 3. The van der Waals surface area contributed by atoms with E-state index in [4.69, 9.17) is 10.8 Å². The van der Waals surface area contributed by atoms with E-state index in [0.717, 1.165) is 61.4 Å². The average molecular weight is 427 g/mol. The standard InChI is InChI=1S/C26H30N6/c27-21-11-13-22(14-12-21)30-25-18-24(26-28-15-16-32(26)31-25)29-23-8-4-7-20(17-23)10-9-19-5-2-1-3-6-19/h1-8,15-18,21-22,29H,9-14,27H2,(H,30,31). The number of nitrogens with zero attached hydrogens (tertiary/aromatic N) is 3. The lowest BCUT2D eigenvalue weighted by Gasteiger charge is -2.27. The molecule has 1 fully saturated rings. The van der Waals surface area contributed by atoms with Gasteiger partial charge in [0.15, 0.2) is 5.65 Å². The van der Waals surface area contributed by atoms with E-state index in [0.29, 0.717) is 12.1 Å². The molecule has 0 bridgehead atoms. The molecule has 2 aromatic heterocycles. The van der Waals surface area contributed by atoms with Gasteiger partial charge in [-0.1, -0.05) is 42.5 Å². The van der Waals surface area contributed by atoms with Crippen molar-refractivity contribution in [3.63, 3.8) is 0 Å². The van der Waals surface area contributed by atoms with E-state index in [1.165, 1.54) is 11.1 Å². The van der Waals surface area contributed by atoms with Crippen molar-refractivity contribution in [1.29, 1.82) is 0 Å². The molecule has 0 atom stereocenters. The first-order valence-electron chi connectivity index (χ1n) is 11.5. The normalized spacial score (nSPS) is 18.5. The number of nitrogens with one attached hydrogen (secondary N) is 2. The monoisotopic (exact) mass is 426 g/mol. The van der Waals surface area contributed by atoms with Crippen LogP contribution in [0.1, 0.15) is 36.8 Å². The van der Waals surface area contributed by atoms with Crippen molar-refractivity contribution >= 4 is 22.8 Å². The first-order valence-corrected chi connectivity index (χ1v) is 11.5. The minimum Gasteiger partial charge on any atom is -0.366 e. The summed E-state index contributed by atoms with van der Waals surface area (Å²) in [6, 6.07) is 22.0. The third kappa shape index (κ3) is 4.92. The molecule has 0 amide bonds. The van der Waals surface area contributed by atoms with Gasteiger partial charge >= 0.3 is 0 Å². The van der Waals surface area contributed by atoms with Crippen molar-refractivity contribution < 1.29 is 0 Å². The zero-order valence-electron chi connectivity index (χ0n) is 18.2. The number of fused-ring (bicyclic) bond motifs is 1. The average Bonchev–Trinajstić information content (AvgIpc) is 3.29. The summed E-state index contributed by atoms with van der Waals surface area (Å²) in [7, 11) is 0. The molecule has 1 aliphatic rings. The Morgan fingerprint density at radius 2 is 1.69 bits per heavy atom. The van der Waals surface area contributed by atoms with Gasteiger partial charge in [0.05, 0.1) is 5.69 Å². The summed E-state index contributed by atoms with van der Waals surface area (Å²) in [5.74, 6) is 0.860. The highest BCUT2D eigenvalue weighted by molar-refractivity contribution is 5.76. The molecule has 6 nitrogen and oxygen atoms in total. The molecule has 5 rings (SSSR count). The lowest BCUT2D eigenvalue weighted by atomic mass is 9.92. The van der Waals surface area contributed by atoms with Gasteiger partial charge in [0.2, 0.25) is 0 Å².